The maximum atomic E-state index is 12.1. The van der Waals surface area contributed by atoms with Gasteiger partial charge in [-0.2, -0.15) is 0 Å². The molecule has 10 nitrogen and oxygen atoms in total. The van der Waals surface area contributed by atoms with Crippen LogP contribution in [0.15, 0.2) is 23.4 Å². The van der Waals surface area contributed by atoms with Gasteiger partial charge < -0.3 is 25.2 Å². The molecule has 0 saturated carbocycles. The third kappa shape index (κ3) is 3.47. The molecule has 0 aromatic heterocycles. The number of carbonyl (C=O) groups is 2. The van der Waals surface area contributed by atoms with Gasteiger partial charge in [0.05, 0.1) is 30.3 Å². The number of urea groups is 1. The van der Waals surface area contributed by atoms with E-state index in [9.17, 15) is 24.8 Å². The highest BCUT2D eigenvalue weighted by Gasteiger charge is 2.33. The molecule has 0 fully saturated rings. The highest BCUT2D eigenvalue weighted by atomic mass is 16.6. The van der Waals surface area contributed by atoms with Gasteiger partial charge in [-0.3, -0.25) is 10.1 Å². The Labute approximate surface area is 142 Å². The van der Waals surface area contributed by atoms with E-state index in [4.69, 9.17) is 9.47 Å². The molecular weight excluding hydrogens is 334 g/mol. The molecule has 1 aliphatic rings. The second-order valence-corrected chi connectivity index (χ2v) is 5.12. The van der Waals surface area contributed by atoms with Crippen LogP contribution in [0.2, 0.25) is 0 Å². The monoisotopic (exact) mass is 350 g/mol. The van der Waals surface area contributed by atoms with Crippen LogP contribution >= 0.6 is 0 Å². The molecule has 1 aliphatic heterocycles. The molecule has 0 radical (unpaired) electrons. The Morgan fingerprint density at radius 1 is 1.40 bits per heavy atom. The minimum atomic E-state index is -1.03. The topological polar surface area (TPSA) is 143 Å². The first kappa shape index (κ1) is 18.0. The quantitative estimate of drug-likeness (QED) is 0.455. The first-order chi connectivity index (χ1) is 11.8. The lowest BCUT2D eigenvalue weighted by Crippen LogP contribution is -2.45. The van der Waals surface area contributed by atoms with Gasteiger partial charge in [0.2, 0.25) is 0 Å². The van der Waals surface area contributed by atoms with Crippen molar-refractivity contribution in [2.24, 2.45) is 0 Å². The molecule has 2 N–H and O–H groups in total. The highest BCUT2D eigenvalue weighted by Crippen LogP contribution is 2.39. The van der Waals surface area contributed by atoms with E-state index < -0.39 is 34.4 Å². The van der Waals surface area contributed by atoms with Gasteiger partial charge in [-0.05, 0) is 25.5 Å². The minimum absolute atomic E-state index is 0.0671. The van der Waals surface area contributed by atoms with E-state index in [2.05, 4.69) is 10.6 Å². The molecule has 1 aromatic carbocycles. The Morgan fingerprint density at radius 2 is 2.08 bits per heavy atom. The molecule has 0 bridgehead atoms. The fraction of sp³-hybridized carbons (Fsp3) is 0.333. The molecule has 25 heavy (non-hydrogen) atoms. The van der Waals surface area contributed by atoms with Crippen LogP contribution in [0, 0.1) is 10.1 Å². The zero-order chi connectivity index (χ0) is 18.7. The smallest absolute Gasteiger partial charge is 0.337 e. The van der Waals surface area contributed by atoms with Crippen molar-refractivity contribution < 1.29 is 29.1 Å². The zero-order valence-corrected chi connectivity index (χ0v) is 13.7. The van der Waals surface area contributed by atoms with Gasteiger partial charge in [0.1, 0.15) is 5.75 Å². The Balaban J connectivity index is 2.65. The van der Waals surface area contributed by atoms with Crippen molar-refractivity contribution in [3.63, 3.8) is 0 Å². The first-order valence-electron chi connectivity index (χ1n) is 7.28. The first-order valence-corrected chi connectivity index (χ1v) is 7.28. The number of ether oxygens (including phenoxy) is 2. The van der Waals surface area contributed by atoms with E-state index in [0.717, 1.165) is 6.07 Å². The summed E-state index contributed by atoms with van der Waals surface area (Å²) >= 11 is 0. The van der Waals surface area contributed by atoms with Gasteiger partial charge >= 0.3 is 12.0 Å². The van der Waals surface area contributed by atoms with Crippen molar-refractivity contribution in [3.8, 4) is 11.5 Å². The molecule has 2 amide bonds. The van der Waals surface area contributed by atoms with Crippen molar-refractivity contribution >= 4 is 17.7 Å². The van der Waals surface area contributed by atoms with Crippen molar-refractivity contribution in [1.82, 2.24) is 10.6 Å². The number of esters is 1. The van der Waals surface area contributed by atoms with Gasteiger partial charge in [0.25, 0.3) is 5.69 Å². The van der Waals surface area contributed by atoms with E-state index >= 15 is 0 Å². The summed E-state index contributed by atoms with van der Waals surface area (Å²) in [5, 5.41) is 28.2. The van der Waals surface area contributed by atoms with E-state index in [0.29, 0.717) is 0 Å². The predicted octanol–water partition coefficient (Wildman–Crippen LogP) is 0.868. The summed E-state index contributed by atoms with van der Waals surface area (Å²) in [5.41, 5.74) is -0.246. The third-order valence-corrected chi connectivity index (χ3v) is 3.56. The minimum Gasteiger partial charge on any atom is -0.865 e. The molecule has 0 aliphatic carbocycles. The number of rotatable bonds is 5. The van der Waals surface area contributed by atoms with Crippen molar-refractivity contribution in [3.05, 3.63) is 39.1 Å². The summed E-state index contributed by atoms with van der Waals surface area (Å²) < 4.78 is 9.87. The number of nitrogens with one attached hydrogen (secondary N) is 2. The van der Waals surface area contributed by atoms with Crippen molar-refractivity contribution in [2.45, 2.75) is 19.9 Å². The standard InChI is InChI=1S/C15H17N3O7/c1-4-25-10-6-8(5-9(13(10)19)18(22)23)12-11(14(20)24-3)7(2)16-15(21)17-12/h5-6,12,19H,4H2,1-3H3,(H2,16,17,21)/p-1/t12-/m1/s1. The number of nitro groups is 1. The van der Waals surface area contributed by atoms with Gasteiger partial charge in [-0.1, -0.05) is 0 Å². The number of hydrogen-bond acceptors (Lipinski definition) is 7. The fourth-order valence-electron chi connectivity index (χ4n) is 2.50. The fourth-order valence-corrected chi connectivity index (χ4v) is 2.50. The van der Waals surface area contributed by atoms with Gasteiger partial charge in [0.15, 0.2) is 0 Å². The van der Waals surface area contributed by atoms with Crippen molar-refractivity contribution in [1.29, 1.82) is 0 Å². The average molecular weight is 350 g/mol. The molecule has 10 heteroatoms. The molecule has 2 rings (SSSR count). The Kier molecular flexibility index (Phi) is 5.11. The Hall–Kier alpha value is -3.30. The SMILES string of the molecule is CCOc1cc([C@H]2NC(=O)NC(C)=C2C(=O)OC)cc([N+](=O)[O-])c1[O-]. The van der Waals surface area contributed by atoms with Gasteiger partial charge in [-0.15, -0.1) is 0 Å². The number of benzene rings is 1. The maximum absolute atomic E-state index is 12.1. The summed E-state index contributed by atoms with van der Waals surface area (Å²) in [5.74, 6) is -1.83. The summed E-state index contributed by atoms with van der Waals surface area (Å²) in [4.78, 5) is 34.2. The van der Waals surface area contributed by atoms with Crippen LogP contribution in [-0.4, -0.2) is 30.6 Å². The van der Waals surface area contributed by atoms with Crippen LogP contribution in [-0.2, 0) is 9.53 Å². The zero-order valence-electron chi connectivity index (χ0n) is 13.7. The van der Waals surface area contributed by atoms with Crippen LogP contribution in [0.4, 0.5) is 10.5 Å². The Morgan fingerprint density at radius 3 is 2.64 bits per heavy atom. The van der Waals surface area contributed by atoms with Crippen LogP contribution in [0.5, 0.6) is 11.5 Å². The van der Waals surface area contributed by atoms with Crippen LogP contribution < -0.4 is 20.5 Å². The lowest BCUT2D eigenvalue weighted by atomic mass is 9.94. The molecule has 0 spiro atoms. The second-order valence-electron chi connectivity index (χ2n) is 5.12. The van der Waals surface area contributed by atoms with Gasteiger partial charge in [-0.25, -0.2) is 9.59 Å². The van der Waals surface area contributed by atoms with Crippen molar-refractivity contribution in [2.75, 3.05) is 13.7 Å². The number of methoxy groups -OCH3 is 1. The lowest BCUT2D eigenvalue weighted by Gasteiger charge is -2.28. The molecular formula is C15H16N3O7-. The third-order valence-electron chi connectivity index (χ3n) is 3.56. The molecule has 0 unspecified atom stereocenters. The lowest BCUT2D eigenvalue weighted by molar-refractivity contribution is -0.398. The number of nitrogens with zero attached hydrogens (tertiary/aromatic N) is 1. The predicted molar refractivity (Wildman–Crippen MR) is 82.8 cm³/mol. The van der Waals surface area contributed by atoms with Crippen LogP contribution in [0.3, 0.4) is 0 Å². The molecule has 1 heterocycles. The molecule has 134 valence electrons. The molecule has 1 atom stereocenters. The average Bonchev–Trinajstić information content (AvgIpc) is 2.55. The van der Waals surface area contributed by atoms with E-state index in [1.54, 1.807) is 6.92 Å². The van der Waals surface area contributed by atoms with E-state index in [-0.39, 0.29) is 29.2 Å². The highest BCUT2D eigenvalue weighted by molar-refractivity contribution is 5.95. The number of carbonyl (C=O) groups excluding carboxylic acids is 2. The maximum Gasteiger partial charge on any atom is 0.337 e. The summed E-state index contributed by atoms with van der Waals surface area (Å²) in [6, 6.07) is 0.657. The number of amides is 2. The number of allylic oxidation sites excluding steroid dienone is 1. The van der Waals surface area contributed by atoms with Crippen LogP contribution in [0.1, 0.15) is 25.5 Å². The largest absolute Gasteiger partial charge is 0.865 e. The summed E-state index contributed by atoms with van der Waals surface area (Å²) in [7, 11) is 1.17. The molecule has 0 saturated heterocycles. The van der Waals surface area contributed by atoms with Crippen LogP contribution in [0.25, 0.3) is 0 Å². The molecule has 1 aromatic rings. The summed E-state index contributed by atoms with van der Waals surface area (Å²) in [6.45, 7) is 3.24. The normalized spacial score (nSPS) is 16.8. The van der Waals surface area contributed by atoms with E-state index in [1.807, 2.05) is 0 Å². The number of hydrogen-bond donors (Lipinski definition) is 2. The van der Waals surface area contributed by atoms with Gasteiger partial charge in [0, 0.05) is 17.5 Å². The number of nitro benzene ring substituents is 1. The second kappa shape index (κ2) is 7.07. The summed E-state index contributed by atoms with van der Waals surface area (Å²) in [6.07, 6.45) is 0. The van der Waals surface area contributed by atoms with E-state index in [1.165, 1.54) is 20.1 Å². The Bertz CT molecular complexity index is 773.